The molecule has 2 heteroatoms. The van der Waals surface area contributed by atoms with Crippen molar-refractivity contribution in [3.8, 4) is 0 Å². The Hall–Kier alpha value is -1.67. The predicted molar refractivity (Wildman–Crippen MR) is 93.5 cm³/mol. The van der Waals surface area contributed by atoms with E-state index in [9.17, 15) is 9.90 Å². The molecule has 2 nitrogen and oxygen atoms in total. The predicted octanol–water partition coefficient (Wildman–Crippen LogP) is 4.54. The van der Waals surface area contributed by atoms with Gasteiger partial charge >= 0.3 is 0 Å². The normalized spacial score (nSPS) is 26.5. The average molecular weight is 300 g/mol. The highest BCUT2D eigenvalue weighted by Gasteiger charge is 2.34. The van der Waals surface area contributed by atoms with Crippen molar-refractivity contribution in [1.29, 1.82) is 0 Å². The Morgan fingerprint density at radius 2 is 1.86 bits per heavy atom. The molecule has 0 saturated carbocycles. The lowest BCUT2D eigenvalue weighted by Gasteiger charge is -2.38. The van der Waals surface area contributed by atoms with E-state index in [-0.39, 0.29) is 11.5 Å². The van der Waals surface area contributed by atoms with Gasteiger partial charge in [0.15, 0.2) is 0 Å². The summed E-state index contributed by atoms with van der Waals surface area (Å²) in [7, 11) is 0. The molecule has 0 fully saturated rings. The van der Waals surface area contributed by atoms with Crippen molar-refractivity contribution in [1.82, 2.24) is 0 Å². The van der Waals surface area contributed by atoms with E-state index < -0.39 is 0 Å². The van der Waals surface area contributed by atoms with Gasteiger partial charge in [0.05, 0.1) is 6.10 Å². The third-order valence-corrected chi connectivity index (χ3v) is 4.12. The van der Waals surface area contributed by atoms with Gasteiger partial charge in [0, 0.05) is 5.92 Å². The Morgan fingerprint density at radius 3 is 2.45 bits per heavy atom. The van der Waals surface area contributed by atoms with Gasteiger partial charge in [-0.05, 0) is 44.3 Å². The standard InChI is InChI=1S/C20H28O2/c1-15(7-6-8-16(2)11-12-21)9-10-19-17(3)13-18(22)14-20(19,4)5/h6-13,18-19,22H,14H2,1-5H3/b8-6+,10-9+,15-7+,16-11+/t18-,19-/m0/s1. The molecule has 0 unspecified atom stereocenters. The lowest BCUT2D eigenvalue weighted by Crippen LogP contribution is -2.32. The number of rotatable bonds is 5. The van der Waals surface area contributed by atoms with Crippen molar-refractivity contribution < 1.29 is 9.90 Å². The molecule has 0 bridgehead atoms. The Balaban J connectivity index is 2.80. The minimum Gasteiger partial charge on any atom is -0.389 e. The summed E-state index contributed by atoms with van der Waals surface area (Å²) in [5, 5.41) is 9.87. The molecule has 0 saturated heterocycles. The molecule has 1 N–H and O–H groups in total. The molecule has 0 spiro atoms. The van der Waals surface area contributed by atoms with Crippen LogP contribution < -0.4 is 0 Å². The van der Waals surface area contributed by atoms with Crippen LogP contribution in [-0.2, 0) is 4.79 Å². The first-order chi connectivity index (χ1) is 10.3. The first-order valence-corrected chi connectivity index (χ1v) is 7.78. The van der Waals surface area contributed by atoms with Crippen LogP contribution >= 0.6 is 0 Å². The highest BCUT2D eigenvalue weighted by molar-refractivity contribution is 5.66. The van der Waals surface area contributed by atoms with E-state index in [4.69, 9.17) is 0 Å². The summed E-state index contributed by atoms with van der Waals surface area (Å²) in [5.41, 5.74) is 3.39. The highest BCUT2D eigenvalue weighted by Crippen LogP contribution is 2.41. The van der Waals surface area contributed by atoms with Crippen LogP contribution in [-0.4, -0.2) is 17.5 Å². The van der Waals surface area contributed by atoms with Crippen molar-refractivity contribution in [2.24, 2.45) is 11.3 Å². The molecule has 22 heavy (non-hydrogen) atoms. The van der Waals surface area contributed by atoms with E-state index in [0.717, 1.165) is 23.9 Å². The van der Waals surface area contributed by atoms with Gasteiger partial charge in [-0.1, -0.05) is 61.4 Å². The average Bonchev–Trinajstić information content (AvgIpc) is 2.36. The summed E-state index contributed by atoms with van der Waals surface area (Å²) in [6.45, 7) is 10.4. The van der Waals surface area contributed by atoms with Gasteiger partial charge in [0.2, 0.25) is 0 Å². The van der Waals surface area contributed by atoms with Gasteiger partial charge in [-0.2, -0.15) is 0 Å². The van der Waals surface area contributed by atoms with Crippen LogP contribution in [0.5, 0.6) is 0 Å². The second-order valence-corrected chi connectivity index (χ2v) is 6.82. The van der Waals surface area contributed by atoms with Crippen LogP contribution in [0.4, 0.5) is 0 Å². The molecule has 0 amide bonds. The van der Waals surface area contributed by atoms with E-state index in [1.165, 1.54) is 5.57 Å². The van der Waals surface area contributed by atoms with Gasteiger partial charge in [0.25, 0.3) is 0 Å². The number of aldehydes is 1. The number of aliphatic hydroxyl groups is 1. The largest absolute Gasteiger partial charge is 0.389 e. The molecule has 2 atom stereocenters. The van der Waals surface area contributed by atoms with Crippen molar-refractivity contribution in [3.05, 3.63) is 59.3 Å². The molecule has 0 aromatic heterocycles. The maximum absolute atomic E-state index is 10.3. The molecule has 1 aliphatic carbocycles. The third-order valence-electron chi connectivity index (χ3n) is 4.12. The smallest absolute Gasteiger partial charge is 0.143 e. The van der Waals surface area contributed by atoms with Gasteiger partial charge in [0.1, 0.15) is 6.29 Å². The number of hydrogen-bond acceptors (Lipinski definition) is 2. The second-order valence-electron chi connectivity index (χ2n) is 6.82. The lowest BCUT2D eigenvalue weighted by molar-refractivity contribution is -0.104. The van der Waals surface area contributed by atoms with Crippen LogP contribution in [0.1, 0.15) is 41.0 Å². The highest BCUT2D eigenvalue weighted by atomic mass is 16.3. The number of hydrogen-bond donors (Lipinski definition) is 1. The van der Waals surface area contributed by atoms with E-state index >= 15 is 0 Å². The van der Waals surface area contributed by atoms with Crippen molar-refractivity contribution in [3.63, 3.8) is 0 Å². The Morgan fingerprint density at radius 1 is 1.23 bits per heavy atom. The Kier molecular flexibility index (Phi) is 6.76. The molecule has 0 aromatic rings. The summed E-state index contributed by atoms with van der Waals surface area (Å²) in [4.78, 5) is 10.3. The zero-order chi connectivity index (χ0) is 16.8. The fraction of sp³-hybridized carbons (Fsp3) is 0.450. The zero-order valence-corrected chi connectivity index (χ0v) is 14.3. The van der Waals surface area contributed by atoms with Gasteiger partial charge in [-0.3, -0.25) is 4.79 Å². The van der Waals surface area contributed by atoms with Crippen LogP contribution in [0.15, 0.2) is 59.3 Å². The first kappa shape index (κ1) is 18.4. The molecule has 0 aliphatic heterocycles. The number of allylic oxidation sites excluding steroid dienone is 9. The molecule has 0 aromatic carbocycles. The molecule has 0 radical (unpaired) electrons. The summed E-state index contributed by atoms with van der Waals surface area (Å²) >= 11 is 0. The number of carbonyl (C=O) groups excluding carboxylic acids is 1. The Bertz CT molecular complexity index is 542. The minimum absolute atomic E-state index is 0.0636. The lowest BCUT2D eigenvalue weighted by atomic mass is 9.67. The quantitative estimate of drug-likeness (QED) is 0.350. The summed E-state index contributed by atoms with van der Waals surface area (Å²) < 4.78 is 0. The number of carbonyl (C=O) groups is 1. The Labute approximate surface area is 134 Å². The number of aliphatic hydroxyl groups excluding tert-OH is 1. The topological polar surface area (TPSA) is 37.3 Å². The second kappa shape index (κ2) is 8.09. The van der Waals surface area contributed by atoms with E-state index in [1.54, 1.807) is 6.08 Å². The first-order valence-electron chi connectivity index (χ1n) is 7.78. The van der Waals surface area contributed by atoms with Crippen LogP contribution in [0, 0.1) is 11.3 Å². The molecule has 0 heterocycles. The fourth-order valence-corrected chi connectivity index (χ4v) is 2.98. The maximum Gasteiger partial charge on any atom is 0.143 e. The van der Waals surface area contributed by atoms with Crippen molar-refractivity contribution in [2.45, 2.75) is 47.1 Å². The SMILES string of the molecule is CC1=C[C@H](O)CC(C)(C)[C@H]1/C=C/C(C)=C/C=C/C(C)=C/C=O. The van der Waals surface area contributed by atoms with Crippen LogP contribution in [0.25, 0.3) is 0 Å². The maximum atomic E-state index is 10.3. The van der Waals surface area contributed by atoms with Gasteiger partial charge < -0.3 is 5.11 Å². The minimum atomic E-state index is -0.327. The summed E-state index contributed by atoms with van der Waals surface area (Å²) in [6, 6.07) is 0. The molecule has 1 aliphatic rings. The monoisotopic (exact) mass is 300 g/mol. The zero-order valence-electron chi connectivity index (χ0n) is 14.3. The molecular weight excluding hydrogens is 272 g/mol. The summed E-state index contributed by atoms with van der Waals surface area (Å²) in [6.07, 6.45) is 15.0. The van der Waals surface area contributed by atoms with Crippen molar-refractivity contribution in [2.75, 3.05) is 0 Å². The fourth-order valence-electron chi connectivity index (χ4n) is 2.98. The molecule has 1 rings (SSSR count). The van der Waals surface area contributed by atoms with Gasteiger partial charge in [-0.15, -0.1) is 0 Å². The molecule has 120 valence electrons. The van der Waals surface area contributed by atoms with Gasteiger partial charge in [-0.25, -0.2) is 0 Å². The van der Waals surface area contributed by atoms with Crippen LogP contribution in [0.3, 0.4) is 0 Å². The van der Waals surface area contributed by atoms with E-state index in [2.05, 4.69) is 39.8 Å². The summed E-state index contributed by atoms with van der Waals surface area (Å²) in [5.74, 6) is 0.347. The molecular formula is C20H28O2. The van der Waals surface area contributed by atoms with Crippen LogP contribution in [0.2, 0.25) is 0 Å². The van der Waals surface area contributed by atoms with E-state index in [0.29, 0.717) is 5.92 Å². The third kappa shape index (κ3) is 5.61. The van der Waals surface area contributed by atoms with E-state index in [1.807, 2.05) is 31.2 Å². The van der Waals surface area contributed by atoms with Crippen molar-refractivity contribution >= 4 is 6.29 Å².